The van der Waals surface area contributed by atoms with Crippen LogP contribution in [0, 0.1) is 0 Å². The number of carboxylic acid groups (broad SMARTS) is 1. The highest BCUT2D eigenvalue weighted by Gasteiger charge is 2.07. The van der Waals surface area contributed by atoms with Crippen LogP contribution in [-0.2, 0) is 0 Å². The summed E-state index contributed by atoms with van der Waals surface area (Å²) >= 11 is 5.53. The first-order valence-electron chi connectivity index (χ1n) is 3.41. The number of aromatic nitrogens is 3. The topological polar surface area (TPSA) is 68.0 Å². The highest BCUT2D eigenvalue weighted by Crippen LogP contribution is 2.13. The van der Waals surface area contributed by atoms with Gasteiger partial charge in [-0.05, 0) is 17.7 Å². The number of carbonyl (C=O) groups is 1. The second kappa shape index (κ2) is 2.70. The molecule has 0 aliphatic heterocycles. The Bertz CT molecular complexity index is 480. The average Bonchev–Trinajstić information content (AvgIpc) is 2.46. The van der Waals surface area contributed by atoms with E-state index in [0.717, 1.165) is 4.57 Å². The van der Waals surface area contributed by atoms with Crippen molar-refractivity contribution in [1.29, 1.82) is 0 Å². The standard InChI is InChI=1S/C7H4ClN3O2/c8-6-9-3-5-4(10-6)1-2-11(5)7(12)13/h1-3H,(H,12,13). The summed E-state index contributed by atoms with van der Waals surface area (Å²) in [6, 6.07) is 1.57. The Morgan fingerprint density at radius 1 is 1.62 bits per heavy atom. The van der Waals surface area contributed by atoms with E-state index in [2.05, 4.69) is 9.97 Å². The van der Waals surface area contributed by atoms with Crippen molar-refractivity contribution in [2.24, 2.45) is 0 Å². The number of hydrogen-bond acceptors (Lipinski definition) is 3. The van der Waals surface area contributed by atoms with E-state index in [4.69, 9.17) is 16.7 Å². The lowest BCUT2D eigenvalue weighted by atomic mass is 10.5. The zero-order valence-electron chi connectivity index (χ0n) is 6.31. The van der Waals surface area contributed by atoms with Crippen molar-refractivity contribution in [3.63, 3.8) is 0 Å². The van der Waals surface area contributed by atoms with Crippen molar-refractivity contribution in [3.05, 3.63) is 23.7 Å². The normalized spacial score (nSPS) is 10.5. The predicted molar refractivity (Wildman–Crippen MR) is 46.0 cm³/mol. The summed E-state index contributed by atoms with van der Waals surface area (Å²) in [5.41, 5.74) is 0.944. The second-order valence-corrected chi connectivity index (χ2v) is 2.72. The SMILES string of the molecule is O=C(O)n1ccc2nc(Cl)ncc21. The van der Waals surface area contributed by atoms with Crippen molar-refractivity contribution >= 4 is 28.7 Å². The van der Waals surface area contributed by atoms with Crippen LogP contribution < -0.4 is 0 Å². The van der Waals surface area contributed by atoms with Crippen LogP contribution in [0.4, 0.5) is 4.79 Å². The Kier molecular flexibility index (Phi) is 1.66. The summed E-state index contributed by atoms with van der Waals surface area (Å²) in [4.78, 5) is 18.2. The molecule has 0 radical (unpaired) electrons. The lowest BCUT2D eigenvalue weighted by Gasteiger charge is -1.95. The van der Waals surface area contributed by atoms with E-state index in [9.17, 15) is 4.79 Å². The zero-order chi connectivity index (χ0) is 9.42. The van der Waals surface area contributed by atoms with Gasteiger partial charge < -0.3 is 5.11 Å². The third kappa shape index (κ3) is 1.23. The molecule has 6 heteroatoms. The summed E-state index contributed by atoms with van der Waals surface area (Å²) in [7, 11) is 0. The first-order valence-corrected chi connectivity index (χ1v) is 3.79. The van der Waals surface area contributed by atoms with E-state index in [1.54, 1.807) is 6.07 Å². The van der Waals surface area contributed by atoms with Gasteiger partial charge in [0.25, 0.3) is 0 Å². The van der Waals surface area contributed by atoms with Gasteiger partial charge in [0, 0.05) is 6.20 Å². The van der Waals surface area contributed by atoms with Gasteiger partial charge in [0.2, 0.25) is 5.28 Å². The highest BCUT2D eigenvalue weighted by atomic mass is 35.5. The van der Waals surface area contributed by atoms with Crippen LogP contribution >= 0.6 is 11.6 Å². The fourth-order valence-corrected chi connectivity index (χ4v) is 1.21. The molecule has 0 aliphatic rings. The van der Waals surface area contributed by atoms with Crippen LogP contribution in [0.15, 0.2) is 18.5 Å². The zero-order valence-corrected chi connectivity index (χ0v) is 7.06. The van der Waals surface area contributed by atoms with Crippen molar-refractivity contribution in [2.45, 2.75) is 0 Å². The Balaban J connectivity index is 2.76. The molecule has 13 heavy (non-hydrogen) atoms. The molecule has 0 saturated carbocycles. The van der Waals surface area contributed by atoms with Crippen molar-refractivity contribution in [2.75, 3.05) is 0 Å². The van der Waals surface area contributed by atoms with Crippen LogP contribution in [0.25, 0.3) is 11.0 Å². The fourth-order valence-electron chi connectivity index (χ4n) is 1.07. The Labute approximate surface area is 77.6 Å². The number of rotatable bonds is 0. The minimum Gasteiger partial charge on any atom is -0.464 e. The summed E-state index contributed by atoms with van der Waals surface area (Å²) in [6.45, 7) is 0. The fraction of sp³-hybridized carbons (Fsp3) is 0. The average molecular weight is 198 g/mol. The van der Waals surface area contributed by atoms with Gasteiger partial charge in [-0.1, -0.05) is 0 Å². The van der Waals surface area contributed by atoms with E-state index < -0.39 is 6.09 Å². The Morgan fingerprint density at radius 2 is 2.38 bits per heavy atom. The molecule has 66 valence electrons. The van der Waals surface area contributed by atoms with Crippen LogP contribution in [-0.4, -0.2) is 25.7 Å². The minimum atomic E-state index is -1.07. The highest BCUT2D eigenvalue weighted by molar-refractivity contribution is 6.28. The van der Waals surface area contributed by atoms with Gasteiger partial charge in [-0.15, -0.1) is 0 Å². The molecule has 5 nitrogen and oxygen atoms in total. The van der Waals surface area contributed by atoms with E-state index >= 15 is 0 Å². The van der Waals surface area contributed by atoms with E-state index in [-0.39, 0.29) is 5.28 Å². The molecule has 2 rings (SSSR count). The van der Waals surface area contributed by atoms with Gasteiger partial charge in [-0.25, -0.2) is 19.3 Å². The van der Waals surface area contributed by atoms with Gasteiger partial charge in [0.1, 0.15) is 0 Å². The summed E-state index contributed by atoms with van der Waals surface area (Å²) in [5, 5.41) is 8.82. The minimum absolute atomic E-state index is 0.107. The molecule has 0 unspecified atom stereocenters. The molecule has 2 aromatic heterocycles. The third-order valence-corrected chi connectivity index (χ3v) is 1.80. The molecule has 0 aliphatic carbocycles. The molecule has 0 saturated heterocycles. The molecule has 0 atom stereocenters. The van der Waals surface area contributed by atoms with Gasteiger partial charge in [0.15, 0.2) is 0 Å². The molecule has 0 bridgehead atoms. The number of nitrogens with zero attached hydrogens (tertiary/aromatic N) is 3. The number of halogens is 1. The van der Waals surface area contributed by atoms with Crippen molar-refractivity contribution in [3.8, 4) is 0 Å². The summed E-state index contributed by atoms with van der Waals surface area (Å²) < 4.78 is 1.03. The van der Waals surface area contributed by atoms with Crippen LogP contribution in [0.3, 0.4) is 0 Å². The van der Waals surface area contributed by atoms with E-state index in [0.29, 0.717) is 11.0 Å². The Morgan fingerprint density at radius 3 is 3.08 bits per heavy atom. The molecule has 0 fully saturated rings. The third-order valence-electron chi connectivity index (χ3n) is 1.62. The molecular formula is C7H4ClN3O2. The maximum Gasteiger partial charge on any atom is 0.416 e. The number of hydrogen-bond donors (Lipinski definition) is 1. The molecular weight excluding hydrogens is 194 g/mol. The van der Waals surface area contributed by atoms with Crippen molar-refractivity contribution < 1.29 is 9.90 Å². The Hall–Kier alpha value is -1.62. The maximum absolute atomic E-state index is 10.6. The largest absolute Gasteiger partial charge is 0.464 e. The summed E-state index contributed by atoms with van der Waals surface area (Å²) in [6.07, 6.45) is 1.71. The molecule has 0 spiro atoms. The lowest BCUT2D eigenvalue weighted by Crippen LogP contribution is -2.05. The van der Waals surface area contributed by atoms with Crippen molar-refractivity contribution in [1.82, 2.24) is 14.5 Å². The quantitative estimate of drug-likeness (QED) is 0.652. The van der Waals surface area contributed by atoms with Gasteiger partial charge in [-0.3, -0.25) is 0 Å². The van der Waals surface area contributed by atoms with E-state index in [1.165, 1.54) is 12.4 Å². The molecule has 2 aromatic rings. The molecule has 2 heterocycles. The second-order valence-electron chi connectivity index (χ2n) is 2.38. The van der Waals surface area contributed by atoms with E-state index in [1.807, 2.05) is 0 Å². The van der Waals surface area contributed by atoms with Gasteiger partial charge in [0.05, 0.1) is 17.2 Å². The summed E-state index contributed by atoms with van der Waals surface area (Å²) in [5.74, 6) is 0. The van der Waals surface area contributed by atoms with Crippen LogP contribution in [0.2, 0.25) is 5.28 Å². The van der Waals surface area contributed by atoms with Gasteiger partial charge >= 0.3 is 6.09 Å². The van der Waals surface area contributed by atoms with Crippen LogP contribution in [0.1, 0.15) is 0 Å². The molecule has 0 aromatic carbocycles. The smallest absolute Gasteiger partial charge is 0.416 e. The first-order chi connectivity index (χ1) is 6.18. The lowest BCUT2D eigenvalue weighted by molar-refractivity contribution is 0.197. The number of fused-ring (bicyclic) bond motifs is 1. The monoisotopic (exact) mass is 197 g/mol. The van der Waals surface area contributed by atoms with Gasteiger partial charge in [-0.2, -0.15) is 0 Å². The van der Waals surface area contributed by atoms with Crippen LogP contribution in [0.5, 0.6) is 0 Å². The first kappa shape index (κ1) is 8.00. The molecule has 0 amide bonds. The molecule has 1 N–H and O–H groups in total. The predicted octanol–water partition coefficient (Wildman–Crippen LogP) is 1.61. The maximum atomic E-state index is 10.6.